The third-order valence-corrected chi connectivity index (χ3v) is 2.68. The first-order valence-electron chi connectivity index (χ1n) is 5.67. The van der Waals surface area contributed by atoms with Crippen LogP contribution in [0.3, 0.4) is 0 Å². The van der Waals surface area contributed by atoms with Gasteiger partial charge in [-0.05, 0) is 6.42 Å². The first kappa shape index (κ1) is 31.8. The molecular weight excluding hydrogens is 272 g/mol. The summed E-state index contributed by atoms with van der Waals surface area (Å²) in [6.07, 6.45) is 0.826. The lowest BCUT2D eigenvalue weighted by molar-refractivity contribution is -0.136. The van der Waals surface area contributed by atoms with Gasteiger partial charge in [0, 0.05) is 11.8 Å². The number of amides is 2. The largest absolute Gasteiger partial charge is 0.369 e. The Morgan fingerprint density at radius 2 is 1.71 bits per heavy atom. The highest BCUT2D eigenvalue weighted by Crippen LogP contribution is 2.18. The highest BCUT2D eigenvalue weighted by Gasteiger charge is 2.29. The van der Waals surface area contributed by atoms with Crippen molar-refractivity contribution >= 4 is 18.1 Å². The van der Waals surface area contributed by atoms with Crippen LogP contribution in [0, 0.1) is 11.8 Å². The Morgan fingerprint density at radius 3 is 2.05 bits per heavy atom. The SMILES string of the molecule is C.C.C.C.CCCCC(C(=O)NC(O)C=O)C(C)C(N)=O. The van der Waals surface area contributed by atoms with E-state index >= 15 is 0 Å². The molecule has 6 heteroatoms. The van der Waals surface area contributed by atoms with Crippen LogP contribution < -0.4 is 11.1 Å². The van der Waals surface area contributed by atoms with Crippen LogP contribution in [0.5, 0.6) is 0 Å². The molecule has 0 aliphatic heterocycles. The minimum absolute atomic E-state index is 0. The van der Waals surface area contributed by atoms with E-state index in [2.05, 4.69) is 5.32 Å². The Morgan fingerprint density at radius 1 is 1.24 bits per heavy atom. The van der Waals surface area contributed by atoms with Gasteiger partial charge in [0.1, 0.15) is 0 Å². The van der Waals surface area contributed by atoms with Gasteiger partial charge in [-0.3, -0.25) is 14.4 Å². The number of hydrogen-bond acceptors (Lipinski definition) is 4. The number of nitrogens with two attached hydrogens (primary N) is 1. The van der Waals surface area contributed by atoms with E-state index in [-0.39, 0.29) is 36.0 Å². The molecule has 2 amide bonds. The lowest BCUT2D eigenvalue weighted by Gasteiger charge is -2.21. The maximum atomic E-state index is 11.7. The second-order valence-corrected chi connectivity index (χ2v) is 4.03. The summed E-state index contributed by atoms with van der Waals surface area (Å²) >= 11 is 0. The number of carbonyl (C=O) groups is 3. The molecular formula is C15H36N2O4. The highest BCUT2D eigenvalue weighted by atomic mass is 16.3. The predicted octanol–water partition coefficient (Wildman–Crippen LogP) is 2.09. The Kier molecular flexibility index (Phi) is 25.2. The predicted molar refractivity (Wildman–Crippen MR) is 88.5 cm³/mol. The molecule has 0 rings (SSSR count). The van der Waals surface area contributed by atoms with E-state index < -0.39 is 29.9 Å². The zero-order valence-corrected chi connectivity index (χ0v) is 10.2. The Bertz CT molecular complexity index is 283. The molecule has 0 fully saturated rings. The Hall–Kier alpha value is -1.43. The number of primary amides is 1. The molecule has 0 aromatic carbocycles. The van der Waals surface area contributed by atoms with E-state index in [9.17, 15) is 14.4 Å². The molecule has 0 bridgehead atoms. The van der Waals surface area contributed by atoms with Gasteiger partial charge in [0.2, 0.25) is 11.8 Å². The number of unbranched alkanes of at least 4 members (excludes halogenated alkanes) is 1. The molecule has 0 heterocycles. The molecule has 0 radical (unpaired) electrons. The first-order chi connectivity index (χ1) is 7.93. The average Bonchev–Trinajstić information content (AvgIpc) is 2.28. The third-order valence-electron chi connectivity index (χ3n) is 2.68. The van der Waals surface area contributed by atoms with Crippen LogP contribution in [0.25, 0.3) is 0 Å². The molecule has 0 aromatic rings. The van der Waals surface area contributed by atoms with Gasteiger partial charge in [-0.25, -0.2) is 0 Å². The van der Waals surface area contributed by atoms with Gasteiger partial charge in [0.15, 0.2) is 12.5 Å². The number of nitrogens with one attached hydrogen (secondary N) is 1. The Balaban J connectivity index is -0.000000213. The maximum absolute atomic E-state index is 11.7. The molecule has 4 N–H and O–H groups in total. The van der Waals surface area contributed by atoms with Gasteiger partial charge in [-0.1, -0.05) is 56.4 Å². The van der Waals surface area contributed by atoms with Crippen molar-refractivity contribution in [3.05, 3.63) is 0 Å². The van der Waals surface area contributed by atoms with Crippen molar-refractivity contribution < 1.29 is 19.5 Å². The zero-order chi connectivity index (χ0) is 13.4. The van der Waals surface area contributed by atoms with E-state index in [4.69, 9.17) is 10.8 Å². The van der Waals surface area contributed by atoms with Crippen LogP contribution in [-0.4, -0.2) is 29.4 Å². The molecule has 0 saturated heterocycles. The van der Waals surface area contributed by atoms with Crippen LogP contribution in [-0.2, 0) is 14.4 Å². The monoisotopic (exact) mass is 308 g/mol. The Labute approximate surface area is 130 Å². The van der Waals surface area contributed by atoms with Crippen molar-refractivity contribution in [2.45, 2.75) is 69.0 Å². The fourth-order valence-electron chi connectivity index (χ4n) is 1.52. The van der Waals surface area contributed by atoms with Gasteiger partial charge in [0.25, 0.3) is 0 Å². The summed E-state index contributed by atoms with van der Waals surface area (Å²) in [7, 11) is 0. The summed E-state index contributed by atoms with van der Waals surface area (Å²) in [4.78, 5) is 33.0. The number of aliphatic hydroxyl groups excluding tert-OH is 1. The van der Waals surface area contributed by atoms with Crippen LogP contribution in [0.1, 0.15) is 62.8 Å². The van der Waals surface area contributed by atoms with E-state index in [0.29, 0.717) is 6.42 Å². The fourth-order valence-corrected chi connectivity index (χ4v) is 1.52. The van der Waals surface area contributed by atoms with Crippen LogP contribution in [0.2, 0.25) is 0 Å². The van der Waals surface area contributed by atoms with Gasteiger partial charge < -0.3 is 16.2 Å². The topological polar surface area (TPSA) is 109 Å². The molecule has 0 spiro atoms. The summed E-state index contributed by atoms with van der Waals surface area (Å²) in [6, 6.07) is 0. The number of aldehydes is 1. The van der Waals surface area contributed by atoms with Crippen LogP contribution in [0.4, 0.5) is 0 Å². The summed E-state index contributed by atoms with van der Waals surface area (Å²) < 4.78 is 0. The van der Waals surface area contributed by atoms with Crippen LogP contribution >= 0.6 is 0 Å². The lowest BCUT2D eigenvalue weighted by Crippen LogP contribution is -2.44. The highest BCUT2D eigenvalue weighted by molar-refractivity contribution is 5.87. The molecule has 3 unspecified atom stereocenters. The van der Waals surface area contributed by atoms with E-state index in [1.807, 2.05) is 6.92 Å². The molecule has 0 aromatic heterocycles. The van der Waals surface area contributed by atoms with Crippen molar-refractivity contribution in [3.63, 3.8) is 0 Å². The second kappa shape index (κ2) is 16.6. The van der Waals surface area contributed by atoms with E-state index in [1.54, 1.807) is 6.92 Å². The standard InChI is InChI=1S/C11H20N2O4.4CH4/c1-3-4-5-8(7(2)10(12)16)11(17)13-9(15)6-14;;;;/h6-9,15H,3-5H2,1-2H3,(H2,12,16)(H,13,17);4*1H4. The maximum Gasteiger partial charge on any atom is 0.226 e. The van der Waals surface area contributed by atoms with Gasteiger partial charge in [-0.2, -0.15) is 0 Å². The van der Waals surface area contributed by atoms with Crippen LogP contribution in [0.15, 0.2) is 0 Å². The van der Waals surface area contributed by atoms with Gasteiger partial charge in [0.05, 0.1) is 0 Å². The fraction of sp³-hybridized carbons (Fsp3) is 0.800. The second-order valence-electron chi connectivity index (χ2n) is 4.03. The minimum atomic E-state index is -1.54. The minimum Gasteiger partial charge on any atom is -0.369 e. The summed E-state index contributed by atoms with van der Waals surface area (Å²) in [5.41, 5.74) is 5.16. The molecule has 130 valence electrons. The average molecular weight is 308 g/mol. The normalized spacial score (nSPS) is 12.7. The van der Waals surface area contributed by atoms with Crippen molar-refractivity contribution in [2.75, 3.05) is 0 Å². The molecule has 0 aliphatic rings. The van der Waals surface area contributed by atoms with Gasteiger partial charge >= 0.3 is 0 Å². The molecule has 21 heavy (non-hydrogen) atoms. The number of aliphatic hydroxyl groups is 1. The van der Waals surface area contributed by atoms with Gasteiger partial charge in [-0.15, -0.1) is 0 Å². The van der Waals surface area contributed by atoms with E-state index in [1.165, 1.54) is 0 Å². The zero-order valence-electron chi connectivity index (χ0n) is 10.2. The number of rotatable bonds is 8. The lowest BCUT2D eigenvalue weighted by atomic mass is 9.88. The number of carbonyl (C=O) groups excluding carboxylic acids is 3. The summed E-state index contributed by atoms with van der Waals surface area (Å²) in [5.74, 6) is -2.33. The molecule has 0 aliphatic carbocycles. The summed E-state index contributed by atoms with van der Waals surface area (Å²) in [6.45, 7) is 3.53. The van der Waals surface area contributed by atoms with Crippen molar-refractivity contribution in [1.82, 2.24) is 5.32 Å². The molecule has 0 saturated carbocycles. The summed E-state index contributed by atoms with van der Waals surface area (Å²) in [5, 5.41) is 11.1. The van der Waals surface area contributed by atoms with Crippen molar-refractivity contribution in [3.8, 4) is 0 Å². The molecule has 3 atom stereocenters. The molecule has 6 nitrogen and oxygen atoms in total. The van der Waals surface area contributed by atoms with E-state index in [0.717, 1.165) is 12.8 Å². The quantitative estimate of drug-likeness (QED) is 0.471. The first-order valence-corrected chi connectivity index (χ1v) is 5.67. The van der Waals surface area contributed by atoms with Crippen molar-refractivity contribution in [1.29, 1.82) is 0 Å². The third kappa shape index (κ3) is 12.1. The number of hydrogen-bond donors (Lipinski definition) is 3. The van der Waals surface area contributed by atoms with Crippen molar-refractivity contribution in [2.24, 2.45) is 17.6 Å². The smallest absolute Gasteiger partial charge is 0.226 e.